The smallest absolute Gasteiger partial charge is 0.326 e. The normalized spacial score (nSPS) is 24.3. The molecule has 4 nitrogen and oxygen atoms in total. The van der Waals surface area contributed by atoms with Crippen molar-refractivity contribution in [1.82, 2.24) is 9.88 Å². The van der Waals surface area contributed by atoms with Crippen molar-refractivity contribution in [3.05, 3.63) is 30.1 Å². The summed E-state index contributed by atoms with van der Waals surface area (Å²) < 4.78 is 38.8. The molecule has 2 heterocycles. The topological polar surface area (TPSA) is 59.2 Å². The first kappa shape index (κ1) is 13.8. The first-order valence-electron chi connectivity index (χ1n) is 5.93. The SMILES string of the molecule is N[C@@H]1CC[C@H](C(F)(F)F)N(C(=O)c2ccncc2)C1. The van der Waals surface area contributed by atoms with Gasteiger partial charge < -0.3 is 10.6 Å². The summed E-state index contributed by atoms with van der Waals surface area (Å²) in [6, 6.07) is 0.628. The van der Waals surface area contributed by atoms with Crippen LogP contribution >= 0.6 is 0 Å². The van der Waals surface area contributed by atoms with E-state index in [1.165, 1.54) is 24.5 Å². The van der Waals surface area contributed by atoms with E-state index in [2.05, 4.69) is 4.98 Å². The Bertz CT molecular complexity index is 449. The molecular weight excluding hydrogens is 259 g/mol. The molecule has 1 saturated heterocycles. The number of alkyl halides is 3. The van der Waals surface area contributed by atoms with Gasteiger partial charge in [0.15, 0.2) is 0 Å². The summed E-state index contributed by atoms with van der Waals surface area (Å²) >= 11 is 0. The second-order valence-electron chi connectivity index (χ2n) is 4.59. The Kier molecular flexibility index (Phi) is 3.75. The zero-order valence-corrected chi connectivity index (χ0v) is 10.1. The number of carbonyl (C=O) groups is 1. The standard InChI is InChI=1S/C12H14F3N3O/c13-12(14,15)10-2-1-9(16)7-18(10)11(19)8-3-5-17-6-4-8/h3-6,9-10H,1-2,7,16H2/t9-,10-/m1/s1. The van der Waals surface area contributed by atoms with Crippen molar-refractivity contribution >= 4 is 5.91 Å². The zero-order chi connectivity index (χ0) is 14.0. The van der Waals surface area contributed by atoms with Crippen molar-refractivity contribution in [3.8, 4) is 0 Å². The number of hydrogen-bond acceptors (Lipinski definition) is 3. The lowest BCUT2D eigenvalue weighted by molar-refractivity contribution is -0.184. The van der Waals surface area contributed by atoms with Crippen LogP contribution in [0.25, 0.3) is 0 Å². The summed E-state index contributed by atoms with van der Waals surface area (Å²) in [5, 5.41) is 0. The van der Waals surface area contributed by atoms with E-state index >= 15 is 0 Å². The van der Waals surface area contributed by atoms with Crippen LogP contribution in [-0.4, -0.2) is 40.6 Å². The Balaban J connectivity index is 2.25. The Morgan fingerprint density at radius 3 is 2.53 bits per heavy atom. The summed E-state index contributed by atoms with van der Waals surface area (Å²) in [7, 11) is 0. The number of likely N-dealkylation sites (tertiary alicyclic amines) is 1. The Hall–Kier alpha value is -1.63. The number of aromatic nitrogens is 1. The van der Waals surface area contributed by atoms with E-state index in [1.807, 2.05) is 0 Å². The number of pyridine rings is 1. The molecule has 2 atom stereocenters. The third-order valence-electron chi connectivity index (χ3n) is 3.18. The number of amides is 1. The maximum absolute atomic E-state index is 12.9. The first-order valence-corrected chi connectivity index (χ1v) is 5.93. The fourth-order valence-electron chi connectivity index (χ4n) is 2.22. The van der Waals surface area contributed by atoms with Gasteiger partial charge in [-0.25, -0.2) is 0 Å². The molecule has 1 aliphatic rings. The number of halogens is 3. The largest absolute Gasteiger partial charge is 0.408 e. The number of carbonyl (C=O) groups excluding carboxylic acids is 1. The molecule has 7 heteroatoms. The van der Waals surface area contributed by atoms with Crippen LogP contribution < -0.4 is 5.73 Å². The summed E-state index contributed by atoms with van der Waals surface area (Å²) in [5.74, 6) is -0.653. The molecule has 0 aliphatic carbocycles. The molecule has 0 aromatic carbocycles. The molecule has 104 valence electrons. The molecule has 1 aliphatic heterocycles. The van der Waals surface area contributed by atoms with Crippen molar-refractivity contribution in [2.75, 3.05) is 6.54 Å². The van der Waals surface area contributed by atoms with Gasteiger partial charge in [-0.3, -0.25) is 9.78 Å². The van der Waals surface area contributed by atoms with Crippen LogP contribution in [0.4, 0.5) is 13.2 Å². The molecule has 2 N–H and O–H groups in total. The lowest BCUT2D eigenvalue weighted by Gasteiger charge is -2.39. The maximum Gasteiger partial charge on any atom is 0.408 e. The molecule has 0 saturated carbocycles. The lowest BCUT2D eigenvalue weighted by Crippen LogP contribution is -2.56. The molecule has 2 rings (SSSR count). The van der Waals surface area contributed by atoms with E-state index in [1.54, 1.807) is 0 Å². The van der Waals surface area contributed by atoms with Gasteiger partial charge in [-0.1, -0.05) is 0 Å². The van der Waals surface area contributed by atoms with Gasteiger partial charge >= 0.3 is 6.18 Å². The number of hydrogen-bond donors (Lipinski definition) is 1. The Morgan fingerprint density at radius 1 is 1.32 bits per heavy atom. The minimum absolute atomic E-state index is 0.0780. The van der Waals surface area contributed by atoms with Crippen molar-refractivity contribution in [1.29, 1.82) is 0 Å². The first-order chi connectivity index (χ1) is 8.89. The summed E-state index contributed by atoms with van der Waals surface area (Å²) in [4.78, 5) is 16.7. The molecule has 1 aromatic rings. The highest BCUT2D eigenvalue weighted by Crippen LogP contribution is 2.32. The van der Waals surface area contributed by atoms with Gasteiger partial charge in [-0.15, -0.1) is 0 Å². The fraction of sp³-hybridized carbons (Fsp3) is 0.500. The van der Waals surface area contributed by atoms with Crippen molar-refractivity contribution in [2.45, 2.75) is 31.1 Å². The second-order valence-corrected chi connectivity index (χ2v) is 4.59. The van der Waals surface area contributed by atoms with Crippen molar-refractivity contribution < 1.29 is 18.0 Å². The second kappa shape index (κ2) is 5.16. The van der Waals surface area contributed by atoms with E-state index in [4.69, 9.17) is 5.73 Å². The summed E-state index contributed by atoms with van der Waals surface area (Å²) in [6.07, 6.45) is -1.56. The number of rotatable bonds is 1. The van der Waals surface area contributed by atoms with Gasteiger partial charge in [0.25, 0.3) is 5.91 Å². The lowest BCUT2D eigenvalue weighted by atomic mass is 9.97. The highest BCUT2D eigenvalue weighted by molar-refractivity contribution is 5.94. The highest BCUT2D eigenvalue weighted by Gasteiger charge is 2.47. The number of piperidine rings is 1. The van der Waals surface area contributed by atoms with Gasteiger partial charge in [0.05, 0.1) is 0 Å². The predicted octanol–water partition coefficient (Wildman–Crippen LogP) is 1.58. The predicted molar refractivity (Wildman–Crippen MR) is 62.3 cm³/mol. The van der Waals surface area contributed by atoms with E-state index < -0.39 is 24.2 Å². The quantitative estimate of drug-likeness (QED) is 0.845. The van der Waals surface area contributed by atoms with E-state index in [0.29, 0.717) is 0 Å². The van der Waals surface area contributed by atoms with Gasteiger partial charge in [-0.05, 0) is 25.0 Å². The van der Waals surface area contributed by atoms with Crippen LogP contribution in [-0.2, 0) is 0 Å². The van der Waals surface area contributed by atoms with Crippen molar-refractivity contribution in [2.24, 2.45) is 5.73 Å². The Morgan fingerprint density at radius 2 is 1.95 bits per heavy atom. The van der Waals surface area contributed by atoms with E-state index in [0.717, 1.165) is 4.90 Å². The van der Waals surface area contributed by atoms with Gasteiger partial charge in [0.2, 0.25) is 0 Å². The minimum Gasteiger partial charge on any atom is -0.326 e. The van der Waals surface area contributed by atoms with Gasteiger partial charge in [-0.2, -0.15) is 13.2 Å². The van der Waals surface area contributed by atoms with Crippen molar-refractivity contribution in [3.63, 3.8) is 0 Å². The maximum atomic E-state index is 12.9. The van der Waals surface area contributed by atoms with Crippen LogP contribution in [0.1, 0.15) is 23.2 Å². The molecule has 0 spiro atoms. The number of nitrogens with zero attached hydrogens (tertiary/aromatic N) is 2. The molecule has 0 radical (unpaired) electrons. The number of nitrogens with two attached hydrogens (primary N) is 1. The molecule has 1 aromatic heterocycles. The average molecular weight is 273 g/mol. The molecule has 1 fully saturated rings. The van der Waals surface area contributed by atoms with Gasteiger partial charge in [0, 0.05) is 30.5 Å². The van der Waals surface area contributed by atoms with Crippen LogP contribution in [0.2, 0.25) is 0 Å². The van der Waals surface area contributed by atoms with Gasteiger partial charge in [0.1, 0.15) is 6.04 Å². The Labute approximate surface area is 108 Å². The summed E-state index contributed by atoms with van der Waals surface area (Å²) in [6.45, 7) is -0.0780. The third kappa shape index (κ3) is 3.04. The fourth-order valence-corrected chi connectivity index (χ4v) is 2.22. The van der Waals surface area contributed by atoms with Crippen LogP contribution in [0.5, 0.6) is 0 Å². The highest BCUT2D eigenvalue weighted by atomic mass is 19.4. The monoisotopic (exact) mass is 273 g/mol. The molecular formula is C12H14F3N3O. The third-order valence-corrected chi connectivity index (χ3v) is 3.18. The minimum atomic E-state index is -4.43. The molecule has 19 heavy (non-hydrogen) atoms. The van der Waals surface area contributed by atoms with Crippen LogP contribution in [0, 0.1) is 0 Å². The van der Waals surface area contributed by atoms with E-state index in [-0.39, 0.29) is 24.9 Å². The zero-order valence-electron chi connectivity index (χ0n) is 10.1. The van der Waals surface area contributed by atoms with Crippen LogP contribution in [0.15, 0.2) is 24.5 Å². The molecule has 0 unspecified atom stereocenters. The molecule has 0 bridgehead atoms. The average Bonchev–Trinajstić information content (AvgIpc) is 2.37. The summed E-state index contributed by atoms with van der Waals surface area (Å²) in [5.41, 5.74) is 5.87. The van der Waals surface area contributed by atoms with Crippen LogP contribution in [0.3, 0.4) is 0 Å². The molecule has 1 amide bonds. The van der Waals surface area contributed by atoms with E-state index in [9.17, 15) is 18.0 Å².